The second-order valence-corrected chi connectivity index (χ2v) is 7.01. The van der Waals surface area contributed by atoms with E-state index in [2.05, 4.69) is 22.0 Å². The molecule has 0 unspecified atom stereocenters. The van der Waals surface area contributed by atoms with Gasteiger partial charge in [-0.1, -0.05) is 30.3 Å². The Hall–Kier alpha value is -3.43. The fourth-order valence-electron chi connectivity index (χ4n) is 2.60. The van der Waals surface area contributed by atoms with Crippen LogP contribution in [0.15, 0.2) is 71.2 Å². The Morgan fingerprint density at radius 1 is 1.07 bits per heavy atom. The molecule has 0 aliphatic carbocycles. The van der Waals surface area contributed by atoms with Gasteiger partial charge >= 0.3 is 5.97 Å². The van der Waals surface area contributed by atoms with Crippen LogP contribution >= 0.6 is 15.9 Å². The van der Waals surface area contributed by atoms with Crippen molar-refractivity contribution < 1.29 is 19.0 Å². The second-order valence-electron chi connectivity index (χ2n) is 6.16. The minimum Gasteiger partial charge on any atom is -0.488 e. The van der Waals surface area contributed by atoms with E-state index >= 15 is 0 Å². The summed E-state index contributed by atoms with van der Waals surface area (Å²) in [4.78, 5) is 11.0. The lowest BCUT2D eigenvalue weighted by Gasteiger charge is -2.09. The molecule has 29 heavy (non-hydrogen) atoms. The molecule has 4 nitrogen and oxygen atoms in total. The normalized spacial score (nSPS) is 11.0. The number of halogens is 2. The number of carboxylic acid groups (broad SMARTS) is 1. The second kappa shape index (κ2) is 9.18. The summed E-state index contributed by atoms with van der Waals surface area (Å²) >= 11 is 3.46. The largest absolute Gasteiger partial charge is 0.488 e. The molecular weight excluding hydrogens is 437 g/mol. The average Bonchev–Trinajstić information content (AvgIpc) is 2.72. The summed E-state index contributed by atoms with van der Waals surface area (Å²) in [5, 5.41) is 18.5. The van der Waals surface area contributed by atoms with Gasteiger partial charge in [0, 0.05) is 0 Å². The van der Waals surface area contributed by atoms with Gasteiger partial charge in [0.15, 0.2) is 0 Å². The highest BCUT2D eigenvalue weighted by Gasteiger charge is 2.07. The van der Waals surface area contributed by atoms with E-state index in [1.165, 1.54) is 24.3 Å². The molecule has 0 bridgehead atoms. The van der Waals surface area contributed by atoms with Gasteiger partial charge in [-0.05, 0) is 75.1 Å². The van der Waals surface area contributed by atoms with E-state index in [4.69, 9.17) is 9.84 Å². The number of benzene rings is 3. The summed E-state index contributed by atoms with van der Waals surface area (Å²) in [6, 6.07) is 19.8. The first-order valence-electron chi connectivity index (χ1n) is 8.58. The molecule has 0 aliphatic rings. The van der Waals surface area contributed by atoms with Gasteiger partial charge in [0.25, 0.3) is 0 Å². The van der Waals surface area contributed by atoms with E-state index in [9.17, 15) is 14.4 Å². The van der Waals surface area contributed by atoms with Crippen LogP contribution in [0.2, 0.25) is 0 Å². The highest BCUT2D eigenvalue weighted by atomic mass is 79.9. The summed E-state index contributed by atoms with van der Waals surface area (Å²) in [7, 11) is 0. The van der Waals surface area contributed by atoms with Crippen LogP contribution in [0.4, 0.5) is 4.39 Å². The summed E-state index contributed by atoms with van der Waals surface area (Å²) in [6.45, 7) is 0.299. The molecule has 0 atom stereocenters. The van der Waals surface area contributed by atoms with Crippen molar-refractivity contribution in [3.05, 3.63) is 99.3 Å². The van der Waals surface area contributed by atoms with Crippen molar-refractivity contribution in [1.29, 1.82) is 5.26 Å². The maximum Gasteiger partial charge on any atom is 0.335 e. The molecule has 0 fully saturated rings. The molecule has 0 saturated carbocycles. The third kappa shape index (κ3) is 5.31. The number of nitrogens with zero attached hydrogens (tertiary/aromatic N) is 1. The number of carboxylic acids is 1. The van der Waals surface area contributed by atoms with Crippen LogP contribution in [0, 0.1) is 17.1 Å². The van der Waals surface area contributed by atoms with Gasteiger partial charge in [0.05, 0.1) is 21.7 Å². The number of hydrogen-bond acceptors (Lipinski definition) is 3. The molecule has 6 heteroatoms. The van der Waals surface area contributed by atoms with Gasteiger partial charge in [-0.3, -0.25) is 0 Å². The lowest BCUT2D eigenvalue weighted by molar-refractivity contribution is 0.0697. The minimum atomic E-state index is -1.01. The van der Waals surface area contributed by atoms with Crippen molar-refractivity contribution >= 4 is 33.5 Å². The Bertz CT molecular complexity index is 1100. The number of hydrogen-bond donors (Lipinski definition) is 1. The van der Waals surface area contributed by atoms with Crippen molar-refractivity contribution in [3.63, 3.8) is 0 Å². The first kappa shape index (κ1) is 20.3. The summed E-state index contributed by atoms with van der Waals surface area (Å²) in [5.74, 6) is -0.688. The maximum absolute atomic E-state index is 13.0. The monoisotopic (exact) mass is 451 g/mol. The minimum absolute atomic E-state index is 0.163. The van der Waals surface area contributed by atoms with E-state index in [1.807, 2.05) is 12.1 Å². The zero-order valence-electron chi connectivity index (χ0n) is 15.1. The first-order chi connectivity index (χ1) is 14.0. The van der Waals surface area contributed by atoms with Crippen molar-refractivity contribution in [2.75, 3.05) is 0 Å². The number of carbonyl (C=O) groups is 1. The van der Waals surface area contributed by atoms with Crippen LogP contribution in [0.5, 0.6) is 5.75 Å². The number of nitriles is 1. The van der Waals surface area contributed by atoms with Crippen LogP contribution in [-0.2, 0) is 6.61 Å². The van der Waals surface area contributed by atoms with Crippen molar-refractivity contribution in [2.24, 2.45) is 0 Å². The smallest absolute Gasteiger partial charge is 0.335 e. The van der Waals surface area contributed by atoms with Gasteiger partial charge in [-0.25, -0.2) is 9.18 Å². The molecule has 3 aromatic rings. The molecular formula is C23H15BrFNO3. The van der Waals surface area contributed by atoms with Gasteiger partial charge < -0.3 is 9.84 Å². The molecule has 1 N–H and O–H groups in total. The van der Waals surface area contributed by atoms with Crippen LogP contribution < -0.4 is 4.74 Å². The predicted molar refractivity (Wildman–Crippen MR) is 112 cm³/mol. The van der Waals surface area contributed by atoms with Crippen molar-refractivity contribution in [2.45, 2.75) is 6.61 Å². The van der Waals surface area contributed by atoms with Crippen LogP contribution in [0.1, 0.15) is 27.0 Å². The van der Waals surface area contributed by atoms with Crippen molar-refractivity contribution in [3.8, 4) is 11.8 Å². The first-order valence-corrected chi connectivity index (χ1v) is 9.38. The molecule has 144 valence electrons. The molecule has 0 heterocycles. The standard InChI is InChI=1S/C23H15BrFNO3/c24-21-12-16(3-10-22(21)29-14-15-1-8-20(25)9-2-15)11-19(13-26)17-4-6-18(7-5-17)23(27)28/h1-12H,14H2,(H,27,28). The van der Waals surface area contributed by atoms with E-state index in [1.54, 1.807) is 36.4 Å². The Balaban J connectivity index is 1.76. The Morgan fingerprint density at radius 2 is 1.72 bits per heavy atom. The van der Waals surface area contributed by atoms with Crippen LogP contribution in [0.25, 0.3) is 11.6 Å². The Labute approximate surface area is 175 Å². The van der Waals surface area contributed by atoms with Crippen molar-refractivity contribution in [1.82, 2.24) is 0 Å². The lowest BCUT2D eigenvalue weighted by atomic mass is 10.0. The zero-order chi connectivity index (χ0) is 20.8. The van der Waals surface area contributed by atoms with Gasteiger partial charge in [-0.15, -0.1) is 0 Å². The number of allylic oxidation sites excluding steroid dienone is 1. The highest BCUT2D eigenvalue weighted by molar-refractivity contribution is 9.10. The van der Waals surface area contributed by atoms with Gasteiger partial charge in [-0.2, -0.15) is 5.26 Å². The Kier molecular flexibility index (Phi) is 6.43. The van der Waals surface area contributed by atoms with Crippen LogP contribution in [0.3, 0.4) is 0 Å². The average molecular weight is 452 g/mol. The molecule has 0 saturated heterocycles. The lowest BCUT2D eigenvalue weighted by Crippen LogP contribution is -1.96. The molecule has 0 spiro atoms. The number of aromatic carboxylic acids is 1. The quantitative estimate of drug-likeness (QED) is 0.372. The summed E-state index contributed by atoms with van der Waals surface area (Å²) < 4.78 is 19.4. The predicted octanol–water partition coefficient (Wildman–Crippen LogP) is 5.93. The third-order valence-corrected chi connectivity index (χ3v) is 4.76. The number of ether oxygens (including phenoxy) is 1. The van der Waals surface area contributed by atoms with Gasteiger partial charge in [0.1, 0.15) is 18.2 Å². The SMILES string of the molecule is N#CC(=Cc1ccc(OCc2ccc(F)cc2)c(Br)c1)c1ccc(C(=O)O)cc1. The van der Waals surface area contributed by atoms with E-state index < -0.39 is 5.97 Å². The molecule has 0 amide bonds. The summed E-state index contributed by atoms with van der Waals surface area (Å²) in [6.07, 6.45) is 1.71. The van der Waals surface area contributed by atoms with Gasteiger partial charge in [0.2, 0.25) is 0 Å². The highest BCUT2D eigenvalue weighted by Crippen LogP contribution is 2.29. The van der Waals surface area contributed by atoms with E-state index in [0.29, 0.717) is 28.0 Å². The fourth-order valence-corrected chi connectivity index (χ4v) is 3.12. The molecule has 0 aliphatic heterocycles. The topological polar surface area (TPSA) is 70.3 Å². The number of rotatable bonds is 6. The molecule has 0 radical (unpaired) electrons. The molecule has 0 aromatic heterocycles. The van der Waals surface area contributed by atoms with Crippen LogP contribution in [-0.4, -0.2) is 11.1 Å². The van der Waals surface area contributed by atoms with E-state index in [0.717, 1.165) is 11.1 Å². The zero-order valence-corrected chi connectivity index (χ0v) is 16.7. The summed E-state index contributed by atoms with van der Waals surface area (Å²) in [5.41, 5.74) is 2.83. The maximum atomic E-state index is 13.0. The fraction of sp³-hybridized carbons (Fsp3) is 0.0435. The third-order valence-electron chi connectivity index (χ3n) is 4.14. The molecule has 3 aromatic carbocycles. The Morgan fingerprint density at radius 3 is 2.31 bits per heavy atom. The molecule has 3 rings (SSSR count). The van der Waals surface area contributed by atoms with E-state index in [-0.39, 0.29) is 11.4 Å².